The Balaban J connectivity index is 2.23. The molecule has 1 atom stereocenters. The van der Waals surface area contributed by atoms with Crippen LogP contribution in [0.4, 0.5) is 8.78 Å². The highest BCUT2D eigenvalue weighted by Crippen LogP contribution is 2.25. The molecule has 0 bridgehead atoms. The number of hydrogen-bond donors (Lipinski definition) is 0. The van der Waals surface area contributed by atoms with Gasteiger partial charge in [0.1, 0.15) is 19.6 Å². The third-order valence-electron chi connectivity index (χ3n) is 3.05. The van der Waals surface area contributed by atoms with E-state index in [2.05, 4.69) is 4.98 Å². The molecule has 0 aromatic carbocycles. The van der Waals surface area contributed by atoms with E-state index in [-0.39, 0.29) is 12.5 Å². The summed E-state index contributed by atoms with van der Waals surface area (Å²) in [5, 5.41) is 0.333. The van der Waals surface area contributed by atoms with Gasteiger partial charge in [-0.25, -0.2) is 18.6 Å². The molecule has 0 spiro atoms. The number of alkyl halides is 2. The molecule has 4 nitrogen and oxygen atoms in total. The van der Waals surface area contributed by atoms with Gasteiger partial charge in [-0.2, -0.15) is 0 Å². The first kappa shape index (κ1) is 14.8. The van der Waals surface area contributed by atoms with Gasteiger partial charge in [0.2, 0.25) is 0 Å². The topological polar surface area (TPSA) is 42.4 Å². The Hall–Kier alpha value is -1.63. The van der Waals surface area contributed by atoms with E-state index in [1.54, 1.807) is 20.0 Å². The van der Waals surface area contributed by atoms with Crippen LogP contribution in [0.2, 0.25) is 5.15 Å². The van der Waals surface area contributed by atoms with Crippen molar-refractivity contribution in [3.8, 4) is 0 Å². The minimum absolute atomic E-state index is 0.0108. The van der Waals surface area contributed by atoms with Gasteiger partial charge in [0.05, 0.1) is 12.2 Å². The molecule has 0 amide bonds. The number of pyridine rings is 1. The molecule has 8 heteroatoms. The van der Waals surface area contributed by atoms with Crippen LogP contribution in [0.15, 0.2) is 30.1 Å². The van der Waals surface area contributed by atoms with Gasteiger partial charge in [0.25, 0.3) is 6.43 Å². The zero-order chi connectivity index (χ0) is 14.7. The standard InChI is InChI=1S/C12H12BClF2N2O2/c13-12(7-1-2-9(14)17-4-7)18(5-10(15)16)8-3-11(19)20-6-8/h1-4,10,12H,5-6,13H2. The molecule has 106 valence electrons. The van der Waals surface area contributed by atoms with Gasteiger partial charge in [-0.05, 0) is 11.6 Å². The Morgan fingerprint density at radius 2 is 2.25 bits per heavy atom. The number of ether oxygens (including phenoxy) is 1. The molecule has 1 aliphatic heterocycles. The van der Waals surface area contributed by atoms with Crippen molar-refractivity contribution in [1.29, 1.82) is 0 Å². The number of carbonyl (C=O) groups is 1. The molecule has 0 aliphatic carbocycles. The second-order valence-corrected chi connectivity index (χ2v) is 4.76. The summed E-state index contributed by atoms with van der Waals surface area (Å²) >= 11 is 5.71. The molecule has 1 aliphatic rings. The second-order valence-electron chi connectivity index (χ2n) is 4.38. The average molecular weight is 301 g/mol. The third kappa shape index (κ3) is 3.48. The first-order chi connectivity index (χ1) is 9.47. The van der Waals surface area contributed by atoms with Gasteiger partial charge in [0, 0.05) is 18.2 Å². The number of nitrogens with zero attached hydrogens (tertiary/aromatic N) is 2. The molecule has 1 aromatic rings. The maximum Gasteiger partial charge on any atom is 0.333 e. The van der Waals surface area contributed by atoms with Crippen LogP contribution in [0.3, 0.4) is 0 Å². The van der Waals surface area contributed by atoms with Crippen molar-refractivity contribution in [2.45, 2.75) is 12.4 Å². The molecule has 2 heterocycles. The fourth-order valence-electron chi connectivity index (χ4n) is 2.02. The van der Waals surface area contributed by atoms with Crippen molar-refractivity contribution in [3.05, 3.63) is 40.8 Å². The summed E-state index contributed by atoms with van der Waals surface area (Å²) < 4.78 is 30.3. The van der Waals surface area contributed by atoms with Crippen LogP contribution in [0.1, 0.15) is 11.5 Å². The van der Waals surface area contributed by atoms with E-state index >= 15 is 0 Å². The lowest BCUT2D eigenvalue weighted by molar-refractivity contribution is -0.135. The Kier molecular flexibility index (Phi) is 4.59. The van der Waals surface area contributed by atoms with Crippen molar-refractivity contribution in [1.82, 2.24) is 9.88 Å². The average Bonchev–Trinajstić information content (AvgIpc) is 2.82. The minimum Gasteiger partial charge on any atom is -0.456 e. The third-order valence-corrected chi connectivity index (χ3v) is 3.27. The highest BCUT2D eigenvalue weighted by molar-refractivity contribution is 6.29. The van der Waals surface area contributed by atoms with Crippen LogP contribution in [0.5, 0.6) is 0 Å². The van der Waals surface area contributed by atoms with E-state index in [0.717, 1.165) is 5.56 Å². The number of halogens is 3. The summed E-state index contributed by atoms with van der Waals surface area (Å²) in [6, 6.07) is 3.31. The Morgan fingerprint density at radius 3 is 2.75 bits per heavy atom. The largest absolute Gasteiger partial charge is 0.456 e. The first-order valence-corrected chi connectivity index (χ1v) is 6.38. The fraction of sp³-hybridized carbons (Fsp3) is 0.333. The molecule has 0 radical (unpaired) electrons. The monoisotopic (exact) mass is 300 g/mol. The van der Waals surface area contributed by atoms with Crippen LogP contribution in [0, 0.1) is 0 Å². The zero-order valence-electron chi connectivity index (χ0n) is 10.7. The van der Waals surface area contributed by atoms with Gasteiger partial charge in [-0.1, -0.05) is 17.7 Å². The van der Waals surface area contributed by atoms with Crippen LogP contribution in [-0.4, -0.2) is 43.3 Å². The highest BCUT2D eigenvalue weighted by Gasteiger charge is 2.26. The fourth-order valence-corrected chi connectivity index (χ4v) is 2.13. The van der Waals surface area contributed by atoms with E-state index in [1.807, 2.05) is 0 Å². The summed E-state index contributed by atoms with van der Waals surface area (Å²) in [6.07, 6.45) is 0.251. The molecule has 20 heavy (non-hydrogen) atoms. The molecule has 0 N–H and O–H groups in total. The van der Waals surface area contributed by atoms with E-state index in [9.17, 15) is 13.6 Å². The molecule has 1 aromatic heterocycles. The predicted octanol–water partition coefficient (Wildman–Crippen LogP) is 1.37. The number of carbonyl (C=O) groups excluding carboxylic acids is 1. The lowest BCUT2D eigenvalue weighted by Gasteiger charge is -2.31. The summed E-state index contributed by atoms with van der Waals surface area (Å²) in [6.45, 7) is -0.469. The van der Waals surface area contributed by atoms with Crippen LogP contribution < -0.4 is 0 Å². The molecular formula is C12H12BClF2N2O2. The molecule has 0 saturated carbocycles. The normalized spacial score (nSPS) is 16.0. The van der Waals surface area contributed by atoms with Crippen LogP contribution >= 0.6 is 11.6 Å². The Bertz CT molecular complexity index is 525. The summed E-state index contributed by atoms with van der Waals surface area (Å²) in [5.74, 6) is -0.879. The van der Waals surface area contributed by atoms with Gasteiger partial charge in [-0.15, -0.1) is 0 Å². The molecule has 0 fully saturated rings. The SMILES string of the molecule is BC(c1ccc(Cl)nc1)N(CC(F)F)C1=CC(=O)OC1. The quantitative estimate of drug-likeness (QED) is 0.468. The van der Waals surface area contributed by atoms with Crippen molar-refractivity contribution in [2.75, 3.05) is 13.2 Å². The lowest BCUT2D eigenvalue weighted by atomic mass is 9.87. The van der Waals surface area contributed by atoms with Gasteiger partial charge in [-0.3, -0.25) is 0 Å². The maximum absolute atomic E-state index is 12.7. The lowest BCUT2D eigenvalue weighted by Crippen LogP contribution is -2.33. The van der Waals surface area contributed by atoms with E-state index in [1.165, 1.54) is 17.2 Å². The predicted molar refractivity (Wildman–Crippen MR) is 72.3 cm³/mol. The minimum atomic E-state index is -2.52. The maximum atomic E-state index is 12.7. The van der Waals surface area contributed by atoms with Crippen molar-refractivity contribution >= 4 is 25.4 Å². The number of hydrogen-bond acceptors (Lipinski definition) is 4. The van der Waals surface area contributed by atoms with Crippen molar-refractivity contribution in [3.63, 3.8) is 0 Å². The van der Waals surface area contributed by atoms with E-state index < -0.39 is 18.9 Å². The number of cyclic esters (lactones) is 1. The highest BCUT2D eigenvalue weighted by atomic mass is 35.5. The molecule has 2 rings (SSSR count). The number of aromatic nitrogens is 1. The zero-order valence-corrected chi connectivity index (χ0v) is 11.5. The Labute approximate surface area is 120 Å². The van der Waals surface area contributed by atoms with Crippen molar-refractivity contribution in [2.24, 2.45) is 0 Å². The summed E-state index contributed by atoms with van der Waals surface area (Å²) in [5.41, 5.74) is 1.17. The summed E-state index contributed by atoms with van der Waals surface area (Å²) in [4.78, 5) is 16.5. The summed E-state index contributed by atoms with van der Waals surface area (Å²) in [7, 11) is 1.76. The van der Waals surface area contributed by atoms with E-state index in [0.29, 0.717) is 10.9 Å². The second kappa shape index (κ2) is 6.22. The van der Waals surface area contributed by atoms with Crippen LogP contribution in [-0.2, 0) is 9.53 Å². The van der Waals surface area contributed by atoms with Crippen molar-refractivity contribution < 1.29 is 18.3 Å². The first-order valence-electron chi connectivity index (χ1n) is 6.01. The molecule has 0 saturated heterocycles. The van der Waals surface area contributed by atoms with Gasteiger partial charge >= 0.3 is 5.97 Å². The molecular weight excluding hydrogens is 288 g/mol. The smallest absolute Gasteiger partial charge is 0.333 e. The van der Waals surface area contributed by atoms with Gasteiger partial charge in [0.15, 0.2) is 0 Å². The Morgan fingerprint density at radius 1 is 1.50 bits per heavy atom. The van der Waals surface area contributed by atoms with Crippen LogP contribution in [0.25, 0.3) is 0 Å². The number of esters is 1. The van der Waals surface area contributed by atoms with E-state index in [4.69, 9.17) is 16.3 Å². The number of rotatable bonds is 5. The van der Waals surface area contributed by atoms with Gasteiger partial charge < -0.3 is 9.64 Å². The molecule has 1 unspecified atom stereocenters.